The van der Waals surface area contributed by atoms with Crippen molar-refractivity contribution in [2.24, 2.45) is 5.10 Å². The zero-order valence-electron chi connectivity index (χ0n) is 18.2. The lowest BCUT2D eigenvalue weighted by Gasteiger charge is -2.11. The van der Waals surface area contributed by atoms with Gasteiger partial charge in [0.05, 0.1) is 6.21 Å². The van der Waals surface area contributed by atoms with E-state index in [0.29, 0.717) is 18.6 Å². The van der Waals surface area contributed by atoms with E-state index in [0.717, 1.165) is 32.3 Å². The maximum atomic E-state index is 12.4. The minimum atomic E-state index is -0.414. The van der Waals surface area contributed by atoms with Crippen molar-refractivity contribution < 1.29 is 13.9 Å². The van der Waals surface area contributed by atoms with Gasteiger partial charge in [0.1, 0.15) is 17.9 Å². The zero-order valence-corrected chi connectivity index (χ0v) is 19.8. The third-order valence-corrected chi connectivity index (χ3v) is 5.54. The van der Waals surface area contributed by atoms with Crippen molar-refractivity contribution in [1.29, 1.82) is 0 Å². The predicted molar refractivity (Wildman–Crippen MR) is 135 cm³/mol. The summed E-state index contributed by atoms with van der Waals surface area (Å²) in [6.07, 6.45) is 4.08. The van der Waals surface area contributed by atoms with Crippen molar-refractivity contribution in [2.75, 3.05) is 0 Å². The van der Waals surface area contributed by atoms with Gasteiger partial charge in [0.15, 0.2) is 5.76 Å². The Morgan fingerprint density at radius 3 is 2.73 bits per heavy atom. The second-order valence-corrected chi connectivity index (χ2v) is 8.54. The van der Waals surface area contributed by atoms with Crippen LogP contribution in [0.4, 0.5) is 0 Å². The number of fused-ring (bicyclic) bond motifs is 1. The Bertz CT molecular complexity index is 1320. The van der Waals surface area contributed by atoms with E-state index in [1.54, 1.807) is 12.3 Å². The van der Waals surface area contributed by atoms with Crippen LogP contribution in [0.2, 0.25) is 0 Å². The van der Waals surface area contributed by atoms with E-state index in [9.17, 15) is 4.79 Å². The van der Waals surface area contributed by atoms with Crippen molar-refractivity contribution in [3.8, 4) is 5.75 Å². The molecule has 0 fully saturated rings. The quantitative estimate of drug-likeness (QED) is 0.168. The number of allylic oxidation sites excluding steroid dienone is 1. The fourth-order valence-corrected chi connectivity index (χ4v) is 3.71. The molecule has 1 N–H and O–H groups in total. The molecular formula is C27H23BrN2O3. The van der Waals surface area contributed by atoms with E-state index in [2.05, 4.69) is 64.2 Å². The van der Waals surface area contributed by atoms with E-state index in [1.165, 1.54) is 5.56 Å². The number of nitrogens with one attached hydrogen (secondary N) is 1. The molecule has 0 aliphatic carbocycles. The molecule has 4 aromatic rings. The van der Waals surface area contributed by atoms with Crippen molar-refractivity contribution in [1.82, 2.24) is 5.43 Å². The highest BCUT2D eigenvalue weighted by Crippen LogP contribution is 2.24. The number of carbonyl (C=O) groups is 1. The van der Waals surface area contributed by atoms with E-state index < -0.39 is 5.91 Å². The second-order valence-electron chi connectivity index (χ2n) is 7.63. The SMILES string of the molecule is C=CCc1cc(/C=N/NC(=O)c2cc3cc(Br)ccc3o2)ccc1OCc1ccc(C)cc1. The number of aryl methyl sites for hydroxylation is 1. The number of halogens is 1. The van der Waals surface area contributed by atoms with Gasteiger partial charge in [-0.15, -0.1) is 6.58 Å². The summed E-state index contributed by atoms with van der Waals surface area (Å²) in [5, 5.41) is 4.92. The molecule has 0 saturated heterocycles. The molecule has 0 spiro atoms. The predicted octanol–water partition coefficient (Wildman–Crippen LogP) is 6.58. The Morgan fingerprint density at radius 2 is 1.94 bits per heavy atom. The summed E-state index contributed by atoms with van der Waals surface area (Å²) in [5.74, 6) is 0.584. The standard InChI is InChI=1S/C27H23BrN2O3/c1-3-4-21-13-20(9-11-24(21)32-17-19-7-5-18(2)6-8-19)16-29-30-27(31)26-15-22-14-23(28)10-12-25(22)33-26/h3,5-16H,1,4,17H2,2H3,(H,30,31)/b29-16+. The molecule has 0 aliphatic rings. The van der Waals surface area contributed by atoms with Gasteiger partial charge in [-0.3, -0.25) is 4.79 Å². The van der Waals surface area contributed by atoms with E-state index in [1.807, 2.05) is 42.5 Å². The molecule has 4 rings (SSSR count). The maximum absolute atomic E-state index is 12.4. The molecule has 0 saturated carbocycles. The van der Waals surface area contributed by atoms with Crippen molar-refractivity contribution in [3.63, 3.8) is 0 Å². The number of ether oxygens (including phenoxy) is 1. The normalized spacial score (nSPS) is 11.1. The summed E-state index contributed by atoms with van der Waals surface area (Å²) >= 11 is 3.41. The highest BCUT2D eigenvalue weighted by atomic mass is 79.9. The number of carbonyl (C=O) groups excluding carboxylic acids is 1. The molecule has 1 heterocycles. The first-order valence-corrected chi connectivity index (χ1v) is 11.3. The van der Waals surface area contributed by atoms with Crippen LogP contribution in [0.25, 0.3) is 11.0 Å². The molecule has 0 bridgehead atoms. The summed E-state index contributed by atoms with van der Waals surface area (Å²) in [6.45, 7) is 6.39. The largest absolute Gasteiger partial charge is 0.489 e. The van der Waals surface area contributed by atoms with Gasteiger partial charge in [-0.25, -0.2) is 5.43 Å². The van der Waals surface area contributed by atoms with Gasteiger partial charge in [0, 0.05) is 9.86 Å². The number of benzene rings is 3. The van der Waals surface area contributed by atoms with Gasteiger partial charge in [0.2, 0.25) is 0 Å². The third-order valence-electron chi connectivity index (χ3n) is 5.05. The van der Waals surface area contributed by atoms with Crippen molar-refractivity contribution in [3.05, 3.63) is 112 Å². The number of amides is 1. The van der Waals surface area contributed by atoms with Gasteiger partial charge >= 0.3 is 5.91 Å². The van der Waals surface area contributed by atoms with Gasteiger partial charge in [-0.1, -0.05) is 51.8 Å². The minimum Gasteiger partial charge on any atom is -0.489 e. The highest BCUT2D eigenvalue weighted by Gasteiger charge is 2.12. The molecule has 166 valence electrons. The Kier molecular flexibility index (Phi) is 7.05. The fourth-order valence-electron chi connectivity index (χ4n) is 3.33. The number of furan rings is 1. The molecule has 0 radical (unpaired) electrons. The molecule has 1 aromatic heterocycles. The van der Waals surface area contributed by atoms with Crippen LogP contribution in [-0.4, -0.2) is 12.1 Å². The Morgan fingerprint density at radius 1 is 1.12 bits per heavy atom. The second kappa shape index (κ2) is 10.3. The van der Waals surface area contributed by atoms with Crippen LogP contribution in [0.1, 0.15) is 32.8 Å². The Hall–Kier alpha value is -3.64. The van der Waals surface area contributed by atoms with E-state index in [4.69, 9.17) is 9.15 Å². The average Bonchev–Trinajstić information content (AvgIpc) is 3.23. The van der Waals surface area contributed by atoms with Crippen molar-refractivity contribution >= 4 is 39.0 Å². The van der Waals surface area contributed by atoms with Gasteiger partial charge < -0.3 is 9.15 Å². The van der Waals surface area contributed by atoms with Crippen LogP contribution in [-0.2, 0) is 13.0 Å². The lowest BCUT2D eigenvalue weighted by molar-refractivity contribution is 0.0929. The molecule has 0 aliphatic heterocycles. The summed E-state index contributed by atoms with van der Waals surface area (Å²) in [5.41, 5.74) is 7.31. The van der Waals surface area contributed by atoms with Crippen LogP contribution in [0.3, 0.4) is 0 Å². The molecule has 1 amide bonds. The first-order chi connectivity index (χ1) is 16.0. The van der Waals surface area contributed by atoms with Gasteiger partial charge in [-0.05, 0) is 72.5 Å². The highest BCUT2D eigenvalue weighted by molar-refractivity contribution is 9.10. The topological polar surface area (TPSA) is 63.8 Å². The third kappa shape index (κ3) is 5.79. The Balaban J connectivity index is 1.42. The molecule has 0 unspecified atom stereocenters. The molecule has 5 nitrogen and oxygen atoms in total. The van der Waals surface area contributed by atoms with Gasteiger partial charge in [0.25, 0.3) is 0 Å². The van der Waals surface area contributed by atoms with Crippen LogP contribution in [0.5, 0.6) is 5.75 Å². The lowest BCUT2D eigenvalue weighted by atomic mass is 10.1. The molecule has 33 heavy (non-hydrogen) atoms. The number of hydrogen-bond donors (Lipinski definition) is 1. The summed E-state index contributed by atoms with van der Waals surface area (Å²) in [4.78, 5) is 12.4. The smallest absolute Gasteiger partial charge is 0.307 e. The minimum absolute atomic E-state index is 0.201. The summed E-state index contributed by atoms with van der Waals surface area (Å²) < 4.78 is 12.5. The number of nitrogens with zero attached hydrogens (tertiary/aromatic N) is 1. The number of hydrazone groups is 1. The first-order valence-electron chi connectivity index (χ1n) is 10.5. The van der Waals surface area contributed by atoms with Crippen LogP contribution < -0.4 is 10.2 Å². The lowest BCUT2D eigenvalue weighted by Crippen LogP contribution is -2.16. The molecular weight excluding hydrogens is 480 g/mol. The fraction of sp³-hybridized carbons (Fsp3) is 0.111. The number of hydrogen-bond acceptors (Lipinski definition) is 4. The molecule has 0 atom stereocenters. The van der Waals surface area contributed by atoms with E-state index in [-0.39, 0.29) is 5.76 Å². The monoisotopic (exact) mass is 502 g/mol. The van der Waals surface area contributed by atoms with Crippen LogP contribution in [0, 0.1) is 6.92 Å². The van der Waals surface area contributed by atoms with Gasteiger partial charge in [-0.2, -0.15) is 5.10 Å². The van der Waals surface area contributed by atoms with Crippen LogP contribution >= 0.6 is 15.9 Å². The van der Waals surface area contributed by atoms with Crippen LogP contribution in [0.15, 0.2) is 93.4 Å². The average molecular weight is 503 g/mol. The molecule has 3 aromatic carbocycles. The molecule has 6 heteroatoms. The zero-order chi connectivity index (χ0) is 23.2. The first kappa shape index (κ1) is 22.6. The summed E-state index contributed by atoms with van der Waals surface area (Å²) in [7, 11) is 0. The van der Waals surface area contributed by atoms with Crippen molar-refractivity contribution in [2.45, 2.75) is 20.0 Å². The summed E-state index contributed by atoms with van der Waals surface area (Å²) in [6, 6.07) is 21.3. The van der Waals surface area contributed by atoms with E-state index >= 15 is 0 Å². The maximum Gasteiger partial charge on any atom is 0.307 e. The Labute approximate surface area is 200 Å². The number of rotatable bonds is 8.